The first-order valence-corrected chi connectivity index (χ1v) is 6.81. The molecular weight excluding hydrogens is 230 g/mol. The Morgan fingerprint density at radius 1 is 1.28 bits per heavy atom. The van der Waals surface area contributed by atoms with Crippen molar-refractivity contribution in [3.8, 4) is 0 Å². The summed E-state index contributed by atoms with van der Waals surface area (Å²) in [4.78, 5) is 24.7. The second-order valence-corrected chi connectivity index (χ2v) is 6.59. The van der Waals surface area contributed by atoms with Gasteiger partial charge >= 0.3 is 6.09 Å². The van der Waals surface area contributed by atoms with Gasteiger partial charge in [0.2, 0.25) is 0 Å². The van der Waals surface area contributed by atoms with Crippen LogP contribution in [0.1, 0.15) is 46.5 Å². The maximum atomic E-state index is 11.9. The fourth-order valence-corrected chi connectivity index (χ4v) is 2.73. The largest absolute Gasteiger partial charge is 0.444 e. The molecule has 0 unspecified atom stereocenters. The van der Waals surface area contributed by atoms with Crippen molar-refractivity contribution < 1.29 is 14.3 Å². The lowest BCUT2D eigenvalue weighted by molar-refractivity contribution is -0.114. The summed E-state index contributed by atoms with van der Waals surface area (Å²) < 4.78 is 5.36. The van der Waals surface area contributed by atoms with Gasteiger partial charge in [0.25, 0.3) is 0 Å². The van der Waals surface area contributed by atoms with E-state index in [0.29, 0.717) is 5.92 Å². The molecule has 4 heteroatoms. The predicted octanol–water partition coefficient (Wildman–Crippen LogP) is 2.61. The van der Waals surface area contributed by atoms with Gasteiger partial charge in [-0.25, -0.2) is 4.79 Å². The van der Waals surface area contributed by atoms with Crippen LogP contribution < -0.4 is 0 Å². The zero-order chi connectivity index (χ0) is 13.4. The van der Waals surface area contributed by atoms with E-state index in [2.05, 4.69) is 0 Å². The maximum Gasteiger partial charge on any atom is 0.410 e. The molecule has 0 bridgehead atoms. The summed E-state index contributed by atoms with van der Waals surface area (Å²) in [6, 6.07) is 0. The van der Waals surface area contributed by atoms with Gasteiger partial charge in [-0.2, -0.15) is 0 Å². The van der Waals surface area contributed by atoms with Crippen LogP contribution in [-0.4, -0.2) is 36.0 Å². The minimum Gasteiger partial charge on any atom is -0.444 e. The zero-order valence-corrected chi connectivity index (χ0v) is 11.6. The van der Waals surface area contributed by atoms with Gasteiger partial charge in [0.05, 0.1) is 0 Å². The molecule has 0 aromatic rings. The summed E-state index contributed by atoms with van der Waals surface area (Å²) in [5, 5.41) is 0. The lowest BCUT2D eigenvalue weighted by Gasteiger charge is -2.35. The Labute approximate surface area is 109 Å². The topological polar surface area (TPSA) is 46.6 Å². The summed E-state index contributed by atoms with van der Waals surface area (Å²) in [6.07, 6.45) is 4.84. The fourth-order valence-electron chi connectivity index (χ4n) is 2.73. The molecule has 0 spiro atoms. The number of rotatable bonds is 2. The normalized spacial score (nSPS) is 23.6. The van der Waals surface area contributed by atoms with Crippen molar-refractivity contribution >= 4 is 12.4 Å². The number of carbonyl (C=O) groups is 2. The second kappa shape index (κ2) is 4.56. The van der Waals surface area contributed by atoms with Crippen molar-refractivity contribution in [2.24, 2.45) is 11.3 Å². The van der Waals surface area contributed by atoms with Crippen molar-refractivity contribution in [3.63, 3.8) is 0 Å². The molecule has 1 saturated heterocycles. The Kier molecular flexibility index (Phi) is 3.39. The van der Waals surface area contributed by atoms with Gasteiger partial charge < -0.3 is 14.4 Å². The lowest BCUT2D eigenvalue weighted by atomic mass is 9.82. The smallest absolute Gasteiger partial charge is 0.410 e. The average Bonchev–Trinajstić information content (AvgIpc) is 3.08. The minimum atomic E-state index is -0.436. The Morgan fingerprint density at radius 3 is 2.22 bits per heavy atom. The van der Waals surface area contributed by atoms with Crippen LogP contribution in [0.2, 0.25) is 0 Å². The summed E-state index contributed by atoms with van der Waals surface area (Å²) in [5.41, 5.74) is -0.478. The highest BCUT2D eigenvalue weighted by Crippen LogP contribution is 2.53. The third-order valence-electron chi connectivity index (χ3n) is 4.02. The molecule has 1 saturated carbocycles. The van der Waals surface area contributed by atoms with E-state index in [1.807, 2.05) is 20.8 Å². The van der Waals surface area contributed by atoms with Crippen molar-refractivity contribution in [2.45, 2.75) is 52.1 Å². The van der Waals surface area contributed by atoms with E-state index >= 15 is 0 Å². The number of amides is 1. The summed E-state index contributed by atoms with van der Waals surface area (Å²) in [7, 11) is 0. The number of hydrogen-bond acceptors (Lipinski definition) is 3. The number of aldehydes is 1. The molecule has 0 atom stereocenters. The van der Waals surface area contributed by atoms with Crippen molar-refractivity contribution in [2.75, 3.05) is 13.1 Å². The molecule has 1 aliphatic carbocycles. The van der Waals surface area contributed by atoms with Gasteiger partial charge in [-0.1, -0.05) is 0 Å². The molecular formula is C14H23NO3. The molecule has 0 aromatic heterocycles. The minimum absolute atomic E-state index is 0.0416. The number of likely N-dealkylation sites (tertiary alicyclic amines) is 1. The van der Waals surface area contributed by atoms with Crippen LogP contribution in [0, 0.1) is 11.3 Å². The van der Waals surface area contributed by atoms with Gasteiger partial charge in [-0.05, 0) is 52.4 Å². The Bertz CT molecular complexity index is 333. The highest BCUT2D eigenvalue weighted by molar-refractivity contribution is 5.68. The van der Waals surface area contributed by atoms with Crippen LogP contribution in [0.5, 0.6) is 0 Å². The van der Waals surface area contributed by atoms with Gasteiger partial charge in [0.1, 0.15) is 11.9 Å². The molecule has 1 amide bonds. The summed E-state index contributed by atoms with van der Waals surface area (Å²) >= 11 is 0. The molecule has 2 fully saturated rings. The SMILES string of the molecule is CC(C)(C)OC(=O)N1CCC(C2(C=O)CC2)CC1. The van der Waals surface area contributed by atoms with E-state index in [0.717, 1.165) is 45.1 Å². The molecule has 1 aliphatic heterocycles. The quantitative estimate of drug-likeness (QED) is 0.711. The number of ether oxygens (including phenoxy) is 1. The van der Waals surface area contributed by atoms with Gasteiger partial charge in [-0.3, -0.25) is 0 Å². The first-order chi connectivity index (χ1) is 8.36. The number of hydrogen-bond donors (Lipinski definition) is 0. The molecule has 0 N–H and O–H groups in total. The Morgan fingerprint density at radius 2 is 1.83 bits per heavy atom. The van der Waals surface area contributed by atoms with E-state index in [4.69, 9.17) is 4.74 Å². The monoisotopic (exact) mass is 253 g/mol. The van der Waals surface area contributed by atoms with Crippen LogP contribution in [0.3, 0.4) is 0 Å². The highest BCUT2D eigenvalue weighted by Gasteiger charge is 2.50. The molecule has 2 rings (SSSR count). The molecule has 0 radical (unpaired) electrons. The molecule has 1 heterocycles. The van der Waals surface area contributed by atoms with Crippen LogP contribution in [-0.2, 0) is 9.53 Å². The summed E-state index contributed by atoms with van der Waals surface area (Å²) in [6.45, 7) is 7.07. The van der Waals surface area contributed by atoms with Crippen LogP contribution in [0.25, 0.3) is 0 Å². The second-order valence-electron chi connectivity index (χ2n) is 6.59. The van der Waals surface area contributed by atoms with Crippen LogP contribution in [0.4, 0.5) is 4.79 Å². The third-order valence-corrected chi connectivity index (χ3v) is 4.02. The maximum absolute atomic E-state index is 11.9. The Hall–Kier alpha value is -1.06. The fraction of sp³-hybridized carbons (Fsp3) is 0.857. The molecule has 0 aromatic carbocycles. The van der Waals surface area contributed by atoms with E-state index < -0.39 is 5.60 Å². The van der Waals surface area contributed by atoms with E-state index in [9.17, 15) is 9.59 Å². The van der Waals surface area contributed by atoms with Crippen molar-refractivity contribution in [1.82, 2.24) is 4.90 Å². The Balaban J connectivity index is 1.83. The molecule has 4 nitrogen and oxygen atoms in total. The first-order valence-electron chi connectivity index (χ1n) is 6.81. The van der Waals surface area contributed by atoms with E-state index in [-0.39, 0.29) is 11.5 Å². The average molecular weight is 253 g/mol. The standard InChI is InChI=1S/C14H23NO3/c1-13(2,3)18-12(17)15-8-4-11(5-9-15)14(10-16)6-7-14/h10-11H,4-9H2,1-3H3. The van der Waals surface area contributed by atoms with Crippen molar-refractivity contribution in [3.05, 3.63) is 0 Å². The van der Waals surface area contributed by atoms with Crippen LogP contribution >= 0.6 is 0 Å². The molecule has 102 valence electrons. The summed E-state index contributed by atoms with van der Waals surface area (Å²) in [5.74, 6) is 0.466. The van der Waals surface area contributed by atoms with Crippen LogP contribution in [0.15, 0.2) is 0 Å². The first kappa shape index (κ1) is 13.4. The molecule has 2 aliphatic rings. The predicted molar refractivity (Wildman–Crippen MR) is 68.3 cm³/mol. The number of piperidine rings is 1. The van der Waals surface area contributed by atoms with Gasteiger partial charge in [-0.15, -0.1) is 0 Å². The van der Waals surface area contributed by atoms with Gasteiger partial charge in [0, 0.05) is 18.5 Å². The molecule has 18 heavy (non-hydrogen) atoms. The van der Waals surface area contributed by atoms with E-state index in [1.54, 1.807) is 4.90 Å². The number of carbonyl (C=O) groups excluding carboxylic acids is 2. The highest BCUT2D eigenvalue weighted by atomic mass is 16.6. The third kappa shape index (κ3) is 2.85. The lowest BCUT2D eigenvalue weighted by Crippen LogP contribution is -2.43. The number of nitrogens with zero attached hydrogens (tertiary/aromatic N) is 1. The van der Waals surface area contributed by atoms with Crippen molar-refractivity contribution in [1.29, 1.82) is 0 Å². The zero-order valence-electron chi connectivity index (χ0n) is 11.6. The van der Waals surface area contributed by atoms with Gasteiger partial charge in [0.15, 0.2) is 0 Å². The van der Waals surface area contributed by atoms with E-state index in [1.165, 1.54) is 0 Å².